The monoisotopic (exact) mass is 259 g/mol. The second-order valence-electron chi connectivity index (χ2n) is 4.40. The van der Waals surface area contributed by atoms with Crippen LogP contribution in [0.1, 0.15) is 32.5 Å². The minimum atomic E-state index is 0.0509. The summed E-state index contributed by atoms with van der Waals surface area (Å²) in [5, 5.41) is 8.24. The number of likely N-dealkylation sites (N-methyl/N-ethyl adjacent to an activating group) is 1. The lowest BCUT2D eigenvalue weighted by Gasteiger charge is -2.29. The van der Waals surface area contributed by atoms with E-state index in [1.54, 1.807) is 13.3 Å². The molecule has 0 aliphatic carbocycles. The van der Waals surface area contributed by atoms with Crippen molar-refractivity contribution in [3.63, 3.8) is 0 Å². The zero-order chi connectivity index (χ0) is 13.0. The number of nitrogens with zero attached hydrogens (tertiary/aromatic N) is 2. The minimum absolute atomic E-state index is 0.0509. The number of hydrogen-bond donors (Lipinski definition) is 1. The fourth-order valence-corrected chi connectivity index (χ4v) is 2.44. The smallest absolute Gasteiger partial charge is 0.0835 e. The van der Waals surface area contributed by atoms with Crippen molar-refractivity contribution in [2.75, 3.05) is 14.2 Å². The van der Waals surface area contributed by atoms with Crippen LogP contribution in [0, 0.1) is 5.92 Å². The molecule has 0 fully saturated rings. The van der Waals surface area contributed by atoms with E-state index in [1.807, 2.05) is 11.7 Å². The van der Waals surface area contributed by atoms with Gasteiger partial charge in [0, 0.05) is 13.7 Å². The van der Waals surface area contributed by atoms with Crippen LogP contribution in [0.2, 0.25) is 5.02 Å². The first-order valence-electron chi connectivity index (χ1n) is 5.98. The van der Waals surface area contributed by atoms with Crippen LogP contribution in [0.25, 0.3) is 0 Å². The summed E-state index contributed by atoms with van der Waals surface area (Å²) >= 11 is 6.22. The topological polar surface area (TPSA) is 39.1 Å². The number of hydrogen-bond acceptors (Lipinski definition) is 3. The molecule has 1 aromatic rings. The summed E-state index contributed by atoms with van der Waals surface area (Å²) in [4.78, 5) is 0. The Balaban J connectivity index is 3.11. The summed E-state index contributed by atoms with van der Waals surface area (Å²) in [5.74, 6) is 0.397. The second kappa shape index (κ2) is 6.38. The largest absolute Gasteiger partial charge is 0.379 e. The summed E-state index contributed by atoms with van der Waals surface area (Å²) in [6.45, 7) is 7.13. The van der Waals surface area contributed by atoms with Gasteiger partial charge in [0.2, 0.25) is 0 Å². The van der Waals surface area contributed by atoms with Gasteiger partial charge < -0.3 is 10.1 Å². The Labute approximate surface area is 108 Å². The maximum Gasteiger partial charge on any atom is 0.0835 e. The Morgan fingerprint density at radius 2 is 2.18 bits per heavy atom. The third-order valence-corrected chi connectivity index (χ3v) is 3.29. The van der Waals surface area contributed by atoms with Crippen LogP contribution in [0.4, 0.5) is 0 Å². The van der Waals surface area contributed by atoms with Gasteiger partial charge in [-0.3, -0.25) is 4.68 Å². The SMILES string of the molecule is CCn1ncc(Cl)c1C(NC)C(OC)C(C)C. The van der Waals surface area contributed by atoms with Gasteiger partial charge in [0.15, 0.2) is 0 Å². The van der Waals surface area contributed by atoms with Crippen molar-refractivity contribution in [2.24, 2.45) is 5.92 Å². The van der Waals surface area contributed by atoms with E-state index in [0.717, 1.165) is 12.2 Å². The molecular weight excluding hydrogens is 238 g/mol. The van der Waals surface area contributed by atoms with Crippen LogP contribution in [-0.2, 0) is 11.3 Å². The van der Waals surface area contributed by atoms with Gasteiger partial charge >= 0.3 is 0 Å². The number of aromatic nitrogens is 2. The number of halogens is 1. The first-order valence-corrected chi connectivity index (χ1v) is 6.35. The zero-order valence-electron chi connectivity index (χ0n) is 11.2. The lowest BCUT2D eigenvalue weighted by molar-refractivity contribution is 0.0324. The molecule has 0 aromatic carbocycles. The quantitative estimate of drug-likeness (QED) is 0.853. The second-order valence-corrected chi connectivity index (χ2v) is 4.81. The van der Waals surface area contributed by atoms with Crippen LogP contribution in [0.3, 0.4) is 0 Å². The van der Waals surface area contributed by atoms with Crippen molar-refractivity contribution in [1.82, 2.24) is 15.1 Å². The van der Waals surface area contributed by atoms with Gasteiger partial charge in [-0.25, -0.2) is 0 Å². The van der Waals surface area contributed by atoms with Crippen molar-refractivity contribution in [2.45, 2.75) is 39.5 Å². The van der Waals surface area contributed by atoms with E-state index < -0.39 is 0 Å². The van der Waals surface area contributed by atoms with E-state index in [2.05, 4.69) is 31.2 Å². The average Bonchev–Trinajstić information content (AvgIpc) is 2.66. The Kier molecular flexibility index (Phi) is 5.43. The first-order chi connectivity index (χ1) is 8.06. The van der Waals surface area contributed by atoms with Crippen molar-refractivity contribution in [3.05, 3.63) is 16.9 Å². The van der Waals surface area contributed by atoms with Gasteiger partial charge in [-0.15, -0.1) is 0 Å². The normalized spacial score (nSPS) is 15.2. The summed E-state index contributed by atoms with van der Waals surface area (Å²) in [6.07, 6.45) is 1.76. The minimum Gasteiger partial charge on any atom is -0.379 e. The third-order valence-electron chi connectivity index (χ3n) is 3.00. The van der Waals surface area contributed by atoms with Crippen LogP contribution in [0.15, 0.2) is 6.20 Å². The summed E-state index contributed by atoms with van der Waals surface area (Å²) in [6, 6.07) is 0.0509. The van der Waals surface area contributed by atoms with Gasteiger partial charge in [-0.2, -0.15) is 5.10 Å². The summed E-state index contributed by atoms with van der Waals surface area (Å²) in [5.41, 5.74) is 0.997. The number of aryl methyl sites for hydroxylation is 1. The molecule has 5 heteroatoms. The molecule has 0 aliphatic rings. The summed E-state index contributed by atoms with van der Waals surface area (Å²) < 4.78 is 7.50. The Bertz CT molecular complexity index is 352. The molecule has 0 saturated heterocycles. The van der Waals surface area contributed by atoms with Crippen LogP contribution >= 0.6 is 11.6 Å². The van der Waals surface area contributed by atoms with E-state index in [-0.39, 0.29) is 12.1 Å². The Morgan fingerprint density at radius 1 is 1.53 bits per heavy atom. The zero-order valence-corrected chi connectivity index (χ0v) is 12.0. The number of methoxy groups -OCH3 is 1. The summed E-state index contributed by atoms with van der Waals surface area (Å²) in [7, 11) is 3.65. The van der Waals surface area contributed by atoms with Crippen molar-refractivity contribution < 1.29 is 4.74 Å². The van der Waals surface area contributed by atoms with E-state index in [1.165, 1.54) is 0 Å². The molecule has 0 amide bonds. The maximum atomic E-state index is 6.22. The van der Waals surface area contributed by atoms with E-state index >= 15 is 0 Å². The Hall–Kier alpha value is -0.580. The standard InChI is InChI=1S/C12H22ClN3O/c1-6-16-11(9(13)7-15-16)10(14-4)12(17-5)8(2)3/h7-8,10,12,14H,6H2,1-5H3. The molecule has 98 valence electrons. The van der Waals surface area contributed by atoms with E-state index in [0.29, 0.717) is 10.9 Å². The maximum absolute atomic E-state index is 6.22. The van der Waals surface area contributed by atoms with Crippen LogP contribution < -0.4 is 5.32 Å². The van der Waals surface area contributed by atoms with Crippen LogP contribution in [-0.4, -0.2) is 30.0 Å². The molecule has 2 atom stereocenters. The molecule has 0 spiro atoms. The van der Waals surface area contributed by atoms with Gasteiger partial charge in [-0.1, -0.05) is 25.4 Å². The average molecular weight is 260 g/mol. The van der Waals surface area contributed by atoms with E-state index in [9.17, 15) is 0 Å². The molecule has 4 nitrogen and oxygen atoms in total. The number of rotatable bonds is 6. The fraction of sp³-hybridized carbons (Fsp3) is 0.750. The predicted octanol–water partition coefficient (Wildman–Crippen LogP) is 2.49. The molecule has 1 heterocycles. The molecule has 0 radical (unpaired) electrons. The number of ether oxygens (including phenoxy) is 1. The first kappa shape index (κ1) is 14.5. The molecule has 1 rings (SSSR count). The molecule has 2 unspecified atom stereocenters. The molecule has 0 aliphatic heterocycles. The van der Waals surface area contributed by atoms with Gasteiger partial charge in [-0.05, 0) is 19.9 Å². The van der Waals surface area contributed by atoms with Crippen molar-refractivity contribution in [3.8, 4) is 0 Å². The molecule has 0 saturated carbocycles. The Morgan fingerprint density at radius 3 is 2.59 bits per heavy atom. The molecular formula is C12H22ClN3O. The molecule has 0 bridgehead atoms. The van der Waals surface area contributed by atoms with Crippen LogP contribution in [0.5, 0.6) is 0 Å². The fourth-order valence-electron chi connectivity index (χ4n) is 2.18. The highest BCUT2D eigenvalue weighted by Gasteiger charge is 2.29. The van der Waals surface area contributed by atoms with E-state index in [4.69, 9.17) is 16.3 Å². The van der Waals surface area contributed by atoms with Gasteiger partial charge in [0.05, 0.1) is 29.1 Å². The lowest BCUT2D eigenvalue weighted by atomic mass is 9.97. The highest BCUT2D eigenvalue weighted by molar-refractivity contribution is 6.31. The van der Waals surface area contributed by atoms with Gasteiger partial charge in [0.1, 0.15) is 0 Å². The third kappa shape index (κ3) is 3.00. The highest BCUT2D eigenvalue weighted by atomic mass is 35.5. The van der Waals surface area contributed by atoms with Crippen molar-refractivity contribution >= 4 is 11.6 Å². The lowest BCUT2D eigenvalue weighted by Crippen LogP contribution is -2.36. The van der Waals surface area contributed by atoms with Gasteiger partial charge in [0.25, 0.3) is 0 Å². The molecule has 1 aromatic heterocycles. The van der Waals surface area contributed by atoms with Crippen molar-refractivity contribution in [1.29, 1.82) is 0 Å². The molecule has 17 heavy (non-hydrogen) atoms. The predicted molar refractivity (Wildman–Crippen MR) is 70.3 cm³/mol. The number of nitrogens with one attached hydrogen (secondary N) is 1. The molecule has 1 N–H and O–H groups in total. The highest BCUT2D eigenvalue weighted by Crippen LogP contribution is 2.29.